The van der Waals surface area contributed by atoms with Gasteiger partial charge in [0.2, 0.25) is 41.4 Å². The number of nitrogens with zero attached hydrogens (tertiary/aromatic N) is 1. The van der Waals surface area contributed by atoms with Crippen LogP contribution in [0.1, 0.15) is 56.6 Å². The minimum atomic E-state index is -1.36. The molecule has 2 aliphatic heterocycles. The first-order chi connectivity index (χ1) is 24.8. The molecular formula is C36H48N8O8. The quantitative estimate of drug-likeness (QED) is 0.160. The number of hydrogen-bond acceptors (Lipinski definition) is 9. The number of nitrogens with two attached hydrogens (primary N) is 2. The fourth-order valence-corrected chi connectivity index (χ4v) is 6.22. The number of carbonyl (C=O) groups is 7. The van der Waals surface area contributed by atoms with E-state index in [4.69, 9.17) is 11.5 Å². The van der Waals surface area contributed by atoms with Gasteiger partial charge in [0.25, 0.3) is 0 Å². The average Bonchev–Trinajstić information content (AvgIpc) is 3.61. The van der Waals surface area contributed by atoms with Crippen LogP contribution in [0.15, 0.2) is 54.6 Å². The lowest BCUT2D eigenvalue weighted by Crippen LogP contribution is -2.59. The Morgan fingerprint density at radius 2 is 1.60 bits per heavy atom. The molecule has 0 aliphatic carbocycles. The molecule has 16 nitrogen and oxygen atoms in total. The SMILES string of the molecule is C[C@H]1NC(=O)[C@H](NC(=O)[C@@H](N)Cc2ccc(O)cc2)CCCCNC(=O)C[C@H](C(=O)N2CCC[C@H]2C(N)=O)NC(=O)[C@H](Cc2ccccc2)NC1=O. The second-order valence-corrected chi connectivity index (χ2v) is 13.2. The molecular weight excluding hydrogens is 672 g/mol. The summed E-state index contributed by atoms with van der Waals surface area (Å²) in [5, 5.41) is 22.9. The molecule has 2 heterocycles. The molecule has 10 N–H and O–H groups in total. The smallest absolute Gasteiger partial charge is 0.246 e. The number of primary amides is 1. The van der Waals surface area contributed by atoms with Gasteiger partial charge in [0.05, 0.1) is 12.5 Å². The van der Waals surface area contributed by atoms with E-state index in [1.807, 2.05) is 0 Å². The van der Waals surface area contributed by atoms with Crippen LogP contribution in [0.5, 0.6) is 5.75 Å². The first-order valence-corrected chi connectivity index (χ1v) is 17.5. The van der Waals surface area contributed by atoms with Crippen LogP contribution in [-0.2, 0) is 46.4 Å². The number of aromatic hydroxyl groups is 1. The summed E-state index contributed by atoms with van der Waals surface area (Å²) >= 11 is 0. The molecule has 16 heteroatoms. The summed E-state index contributed by atoms with van der Waals surface area (Å²) < 4.78 is 0. The Morgan fingerprint density at radius 1 is 0.885 bits per heavy atom. The molecule has 7 amide bonds. The summed E-state index contributed by atoms with van der Waals surface area (Å²) in [6, 6.07) is 8.30. The van der Waals surface area contributed by atoms with Crippen molar-refractivity contribution in [2.24, 2.45) is 11.5 Å². The topological polar surface area (TPSA) is 255 Å². The highest BCUT2D eigenvalue weighted by Crippen LogP contribution is 2.19. The van der Waals surface area contributed by atoms with Crippen molar-refractivity contribution in [1.82, 2.24) is 31.5 Å². The second kappa shape index (κ2) is 18.6. The third-order valence-electron chi connectivity index (χ3n) is 9.14. The number of benzene rings is 2. The molecule has 280 valence electrons. The Balaban J connectivity index is 1.55. The fraction of sp³-hybridized carbons (Fsp3) is 0.472. The van der Waals surface area contributed by atoms with E-state index in [0.717, 1.165) is 0 Å². The average molecular weight is 721 g/mol. The summed E-state index contributed by atoms with van der Waals surface area (Å²) in [7, 11) is 0. The maximum Gasteiger partial charge on any atom is 0.246 e. The van der Waals surface area contributed by atoms with Gasteiger partial charge < -0.3 is 48.1 Å². The number of hydrogen-bond donors (Lipinski definition) is 8. The highest BCUT2D eigenvalue weighted by atomic mass is 16.3. The molecule has 6 atom stereocenters. The summed E-state index contributed by atoms with van der Waals surface area (Å²) in [5.41, 5.74) is 13.1. The monoisotopic (exact) mass is 720 g/mol. The molecule has 2 aliphatic rings. The van der Waals surface area contributed by atoms with Gasteiger partial charge >= 0.3 is 0 Å². The minimum absolute atomic E-state index is 0.0113. The molecule has 0 spiro atoms. The molecule has 0 bridgehead atoms. The molecule has 52 heavy (non-hydrogen) atoms. The van der Waals surface area contributed by atoms with E-state index >= 15 is 0 Å². The van der Waals surface area contributed by atoms with Crippen molar-refractivity contribution in [3.05, 3.63) is 65.7 Å². The van der Waals surface area contributed by atoms with Gasteiger partial charge in [-0.1, -0.05) is 42.5 Å². The summed E-state index contributed by atoms with van der Waals surface area (Å²) in [4.78, 5) is 94.1. The molecule has 0 radical (unpaired) electrons. The van der Waals surface area contributed by atoms with Crippen LogP contribution in [0.3, 0.4) is 0 Å². The molecule has 2 aromatic carbocycles. The molecule has 4 rings (SSSR count). The zero-order chi connectivity index (χ0) is 37.8. The van der Waals surface area contributed by atoms with Gasteiger partial charge in [-0.25, -0.2) is 0 Å². The zero-order valence-corrected chi connectivity index (χ0v) is 29.1. The lowest BCUT2D eigenvalue weighted by Gasteiger charge is -2.29. The van der Waals surface area contributed by atoms with Gasteiger partial charge in [-0.05, 0) is 68.7 Å². The molecule has 2 aromatic rings. The van der Waals surface area contributed by atoms with E-state index in [1.165, 1.54) is 24.0 Å². The summed E-state index contributed by atoms with van der Waals surface area (Å²) in [5.74, 6) is -4.53. The van der Waals surface area contributed by atoms with Gasteiger partial charge in [0.15, 0.2) is 0 Å². The molecule has 2 saturated heterocycles. The third-order valence-corrected chi connectivity index (χ3v) is 9.14. The van der Waals surface area contributed by atoms with Crippen molar-refractivity contribution in [3.63, 3.8) is 0 Å². The lowest BCUT2D eigenvalue weighted by atomic mass is 10.0. The zero-order valence-electron chi connectivity index (χ0n) is 29.1. The largest absolute Gasteiger partial charge is 0.508 e. The van der Waals surface area contributed by atoms with Crippen molar-refractivity contribution in [2.75, 3.05) is 13.1 Å². The van der Waals surface area contributed by atoms with Crippen LogP contribution < -0.4 is 38.1 Å². The van der Waals surface area contributed by atoms with Crippen LogP contribution in [0.4, 0.5) is 0 Å². The van der Waals surface area contributed by atoms with E-state index in [2.05, 4.69) is 26.6 Å². The van der Waals surface area contributed by atoms with Crippen LogP contribution in [0, 0.1) is 0 Å². The predicted octanol–water partition coefficient (Wildman–Crippen LogP) is -1.37. The predicted molar refractivity (Wildman–Crippen MR) is 189 cm³/mol. The van der Waals surface area contributed by atoms with E-state index in [9.17, 15) is 38.7 Å². The van der Waals surface area contributed by atoms with Gasteiger partial charge in [-0.3, -0.25) is 33.6 Å². The minimum Gasteiger partial charge on any atom is -0.508 e. The van der Waals surface area contributed by atoms with Gasteiger partial charge in [-0.2, -0.15) is 0 Å². The van der Waals surface area contributed by atoms with E-state index in [-0.39, 0.29) is 38.1 Å². The van der Waals surface area contributed by atoms with Crippen molar-refractivity contribution in [1.29, 1.82) is 0 Å². The van der Waals surface area contributed by atoms with E-state index in [0.29, 0.717) is 36.8 Å². The Kier molecular flexibility index (Phi) is 14.1. The molecule has 0 saturated carbocycles. The standard InChI is InChI=1S/C36H48N8O8/c1-21-32(48)42-27(19-22-8-3-2-4-9-22)35(51)43-28(36(52)44-17-7-11-29(44)31(38)47)20-30(46)39-16-6-5-10-26(34(50)40-21)41-33(49)25(37)18-23-12-14-24(45)15-13-23/h2-4,8-9,12-15,21,25-29,45H,5-7,10-11,16-20,37H2,1H3,(H2,38,47)(H,39,46)(H,40,50)(H,41,49)(H,42,48)(H,43,51)/t21-,25+,26-,27+,28-,29+/m1/s1. The van der Waals surface area contributed by atoms with Crippen LogP contribution in [0.2, 0.25) is 0 Å². The van der Waals surface area contributed by atoms with Crippen LogP contribution in [0.25, 0.3) is 0 Å². The molecule has 2 fully saturated rings. The summed E-state index contributed by atoms with van der Waals surface area (Å²) in [6.45, 7) is 1.82. The normalized spacial score (nSPS) is 24.3. The van der Waals surface area contributed by atoms with Gasteiger partial charge in [-0.15, -0.1) is 0 Å². The first kappa shape index (κ1) is 39.3. The Hall–Kier alpha value is -5.51. The summed E-state index contributed by atoms with van der Waals surface area (Å²) in [6.07, 6.45) is 1.50. The number of rotatable bonds is 8. The molecule has 0 aromatic heterocycles. The lowest BCUT2D eigenvalue weighted by molar-refractivity contribution is -0.142. The number of likely N-dealkylation sites (tertiary alicyclic amines) is 1. The number of carbonyl (C=O) groups excluding carboxylic acids is 7. The number of phenols is 1. The Morgan fingerprint density at radius 3 is 2.29 bits per heavy atom. The van der Waals surface area contributed by atoms with Crippen molar-refractivity contribution >= 4 is 41.4 Å². The first-order valence-electron chi connectivity index (χ1n) is 17.5. The maximum atomic E-state index is 13.8. The van der Waals surface area contributed by atoms with Crippen LogP contribution in [-0.4, -0.2) is 101 Å². The van der Waals surface area contributed by atoms with E-state index < -0.39 is 84.0 Å². The Labute approximate surface area is 301 Å². The Bertz CT molecular complexity index is 1600. The third kappa shape index (κ3) is 11.2. The maximum absolute atomic E-state index is 13.8. The van der Waals surface area contributed by atoms with E-state index in [1.54, 1.807) is 42.5 Å². The number of amides is 7. The van der Waals surface area contributed by atoms with Crippen molar-refractivity contribution < 1.29 is 38.7 Å². The van der Waals surface area contributed by atoms with Gasteiger partial charge in [0, 0.05) is 19.5 Å². The second-order valence-electron chi connectivity index (χ2n) is 13.2. The highest BCUT2D eigenvalue weighted by molar-refractivity contribution is 5.98. The van der Waals surface area contributed by atoms with Crippen molar-refractivity contribution in [3.8, 4) is 5.75 Å². The highest BCUT2D eigenvalue weighted by Gasteiger charge is 2.38. The fourth-order valence-electron chi connectivity index (χ4n) is 6.22. The molecule has 0 unspecified atom stereocenters. The van der Waals surface area contributed by atoms with Crippen molar-refractivity contribution in [2.45, 2.75) is 94.5 Å². The number of phenolic OH excluding ortho intramolecular Hbond substituents is 1. The number of nitrogens with one attached hydrogen (secondary N) is 5. The van der Waals surface area contributed by atoms with Crippen LogP contribution >= 0.6 is 0 Å². The van der Waals surface area contributed by atoms with Gasteiger partial charge in [0.1, 0.15) is 36.0 Å².